The molecule has 1 amide bonds. The molecular formula is C8H8N2O2. The number of nitrogens with two attached hydrogens (primary N) is 1. The molecule has 0 aliphatic heterocycles. The molecule has 0 radical (unpaired) electrons. The quantitative estimate of drug-likeness (QED) is 0.523. The van der Waals surface area contributed by atoms with Crippen LogP contribution in [0, 0.1) is 0 Å². The fourth-order valence-electron chi connectivity index (χ4n) is 0.621. The van der Waals surface area contributed by atoms with E-state index in [0.717, 1.165) is 6.21 Å². The standard InChI is InChI=1S/C8H8N2O2/c9-8(11)6-10-12-7-4-2-1-3-5-7/h1-6H,(H2,9,11). The molecule has 0 aromatic heterocycles. The molecule has 12 heavy (non-hydrogen) atoms. The van der Waals surface area contributed by atoms with Crippen LogP contribution in [-0.2, 0) is 4.79 Å². The van der Waals surface area contributed by atoms with Crippen LogP contribution in [0.1, 0.15) is 0 Å². The zero-order valence-corrected chi connectivity index (χ0v) is 6.31. The van der Waals surface area contributed by atoms with E-state index in [1.807, 2.05) is 6.07 Å². The first-order valence-electron chi connectivity index (χ1n) is 3.34. The summed E-state index contributed by atoms with van der Waals surface area (Å²) in [5, 5.41) is 3.34. The molecular weight excluding hydrogens is 156 g/mol. The molecule has 1 rings (SSSR count). The van der Waals surface area contributed by atoms with Gasteiger partial charge in [-0.3, -0.25) is 4.79 Å². The van der Waals surface area contributed by atoms with Gasteiger partial charge < -0.3 is 10.6 Å². The molecule has 4 nitrogen and oxygen atoms in total. The highest BCUT2D eigenvalue weighted by Crippen LogP contribution is 2.07. The molecule has 0 bridgehead atoms. The lowest BCUT2D eigenvalue weighted by Crippen LogP contribution is -2.11. The molecule has 0 aliphatic rings. The third kappa shape index (κ3) is 2.83. The fraction of sp³-hybridized carbons (Fsp3) is 0. The van der Waals surface area contributed by atoms with E-state index >= 15 is 0 Å². The third-order valence-corrected chi connectivity index (χ3v) is 1.08. The number of nitrogens with zero attached hydrogens (tertiary/aromatic N) is 1. The van der Waals surface area contributed by atoms with Gasteiger partial charge in [0.05, 0.1) is 0 Å². The minimum atomic E-state index is -0.633. The fourth-order valence-corrected chi connectivity index (χ4v) is 0.621. The van der Waals surface area contributed by atoms with E-state index in [9.17, 15) is 4.79 Å². The lowest BCUT2D eigenvalue weighted by atomic mass is 10.3. The van der Waals surface area contributed by atoms with Crippen molar-refractivity contribution in [2.45, 2.75) is 0 Å². The number of rotatable bonds is 3. The van der Waals surface area contributed by atoms with Crippen molar-refractivity contribution in [3.63, 3.8) is 0 Å². The normalized spacial score (nSPS) is 10.0. The SMILES string of the molecule is NC(=O)C=NOc1ccccc1. The number of carbonyl (C=O) groups excluding carboxylic acids is 1. The maximum Gasteiger partial charge on any atom is 0.263 e. The highest BCUT2D eigenvalue weighted by molar-refractivity contribution is 6.25. The number of oxime groups is 1. The van der Waals surface area contributed by atoms with Gasteiger partial charge >= 0.3 is 0 Å². The van der Waals surface area contributed by atoms with Gasteiger partial charge in [-0.25, -0.2) is 0 Å². The Morgan fingerprint density at radius 3 is 2.67 bits per heavy atom. The van der Waals surface area contributed by atoms with E-state index < -0.39 is 5.91 Å². The molecule has 0 heterocycles. The van der Waals surface area contributed by atoms with Crippen molar-refractivity contribution in [1.82, 2.24) is 0 Å². The third-order valence-electron chi connectivity index (χ3n) is 1.08. The molecule has 1 aromatic carbocycles. The van der Waals surface area contributed by atoms with Crippen molar-refractivity contribution in [2.24, 2.45) is 10.9 Å². The van der Waals surface area contributed by atoms with Crippen LogP contribution in [0.3, 0.4) is 0 Å². The zero-order valence-electron chi connectivity index (χ0n) is 6.31. The molecule has 0 fully saturated rings. The average molecular weight is 164 g/mol. The second-order valence-electron chi connectivity index (χ2n) is 2.04. The Morgan fingerprint density at radius 2 is 2.08 bits per heavy atom. The molecule has 1 aromatic rings. The Labute approximate surface area is 69.6 Å². The minimum absolute atomic E-state index is 0.565. The molecule has 0 saturated heterocycles. The lowest BCUT2D eigenvalue weighted by molar-refractivity contribution is -0.111. The molecule has 0 saturated carbocycles. The zero-order chi connectivity index (χ0) is 8.81. The average Bonchev–Trinajstić information content (AvgIpc) is 2.05. The van der Waals surface area contributed by atoms with Gasteiger partial charge in [0.15, 0.2) is 5.75 Å². The molecule has 0 atom stereocenters. The predicted molar refractivity (Wildman–Crippen MR) is 44.8 cm³/mol. The Morgan fingerprint density at radius 1 is 1.42 bits per heavy atom. The second kappa shape index (κ2) is 4.12. The predicted octanol–water partition coefficient (Wildman–Crippen LogP) is 0.536. The number of hydrogen-bond donors (Lipinski definition) is 1. The Kier molecular flexibility index (Phi) is 2.84. The van der Waals surface area contributed by atoms with E-state index in [-0.39, 0.29) is 0 Å². The molecule has 0 aliphatic carbocycles. The summed E-state index contributed by atoms with van der Waals surface area (Å²) in [6, 6.07) is 8.89. The highest BCUT2D eigenvalue weighted by Gasteiger charge is 1.88. The molecule has 2 N–H and O–H groups in total. The summed E-state index contributed by atoms with van der Waals surface area (Å²) >= 11 is 0. The van der Waals surface area contributed by atoms with Crippen LogP contribution >= 0.6 is 0 Å². The van der Waals surface area contributed by atoms with Crippen LogP contribution in [-0.4, -0.2) is 12.1 Å². The first-order valence-corrected chi connectivity index (χ1v) is 3.34. The van der Waals surface area contributed by atoms with E-state index in [0.29, 0.717) is 5.75 Å². The van der Waals surface area contributed by atoms with E-state index in [4.69, 9.17) is 10.6 Å². The van der Waals surface area contributed by atoms with Crippen LogP contribution in [0.15, 0.2) is 35.5 Å². The summed E-state index contributed by atoms with van der Waals surface area (Å²) < 4.78 is 0. The van der Waals surface area contributed by atoms with Crippen LogP contribution in [0.4, 0.5) is 0 Å². The van der Waals surface area contributed by atoms with E-state index in [2.05, 4.69) is 5.16 Å². The summed E-state index contributed by atoms with van der Waals surface area (Å²) in [5.74, 6) is -0.0686. The first-order chi connectivity index (χ1) is 5.79. The topological polar surface area (TPSA) is 64.7 Å². The Hall–Kier alpha value is -1.84. The van der Waals surface area contributed by atoms with Crippen molar-refractivity contribution in [2.75, 3.05) is 0 Å². The van der Waals surface area contributed by atoms with E-state index in [1.54, 1.807) is 24.3 Å². The summed E-state index contributed by atoms with van der Waals surface area (Å²) in [6.45, 7) is 0. The highest BCUT2D eigenvalue weighted by atomic mass is 16.6. The summed E-state index contributed by atoms with van der Waals surface area (Å²) in [6.07, 6.45) is 0.910. The van der Waals surface area contributed by atoms with E-state index in [1.165, 1.54) is 0 Å². The van der Waals surface area contributed by atoms with Crippen LogP contribution < -0.4 is 10.6 Å². The smallest absolute Gasteiger partial charge is 0.263 e. The van der Waals surface area contributed by atoms with Crippen LogP contribution in [0.5, 0.6) is 5.75 Å². The van der Waals surface area contributed by atoms with Gasteiger partial charge in [0.2, 0.25) is 0 Å². The van der Waals surface area contributed by atoms with Crippen molar-refractivity contribution < 1.29 is 9.63 Å². The maximum atomic E-state index is 10.2. The van der Waals surface area contributed by atoms with Crippen molar-refractivity contribution in [3.8, 4) is 5.75 Å². The van der Waals surface area contributed by atoms with Gasteiger partial charge in [-0.2, -0.15) is 0 Å². The number of benzene rings is 1. The molecule has 62 valence electrons. The number of primary amides is 1. The van der Waals surface area contributed by atoms with Crippen molar-refractivity contribution >= 4 is 12.1 Å². The van der Waals surface area contributed by atoms with Gasteiger partial charge in [0.1, 0.15) is 6.21 Å². The van der Waals surface area contributed by atoms with Gasteiger partial charge in [-0.1, -0.05) is 23.4 Å². The van der Waals surface area contributed by atoms with Crippen LogP contribution in [0.25, 0.3) is 0 Å². The summed E-state index contributed by atoms with van der Waals surface area (Å²) in [5.41, 5.74) is 4.79. The largest absolute Gasteiger partial charge is 0.365 e. The Balaban J connectivity index is 2.49. The number of carbonyl (C=O) groups is 1. The molecule has 0 spiro atoms. The second-order valence-corrected chi connectivity index (χ2v) is 2.04. The Bertz CT molecular complexity index is 282. The molecule has 0 unspecified atom stereocenters. The number of amides is 1. The molecule has 4 heteroatoms. The van der Waals surface area contributed by atoms with Gasteiger partial charge in [-0.15, -0.1) is 0 Å². The van der Waals surface area contributed by atoms with Gasteiger partial charge in [0, 0.05) is 0 Å². The van der Waals surface area contributed by atoms with Gasteiger partial charge in [-0.05, 0) is 12.1 Å². The first kappa shape index (κ1) is 8.26. The number of para-hydroxylation sites is 1. The lowest BCUT2D eigenvalue weighted by Gasteiger charge is -1.94. The van der Waals surface area contributed by atoms with Crippen molar-refractivity contribution in [3.05, 3.63) is 30.3 Å². The minimum Gasteiger partial charge on any atom is -0.365 e. The van der Waals surface area contributed by atoms with Crippen molar-refractivity contribution in [1.29, 1.82) is 0 Å². The maximum absolute atomic E-state index is 10.2. The number of hydrogen-bond acceptors (Lipinski definition) is 3. The summed E-state index contributed by atoms with van der Waals surface area (Å²) in [4.78, 5) is 15.0. The van der Waals surface area contributed by atoms with Gasteiger partial charge in [0.25, 0.3) is 5.91 Å². The summed E-state index contributed by atoms with van der Waals surface area (Å²) in [7, 11) is 0. The monoisotopic (exact) mass is 164 g/mol. The van der Waals surface area contributed by atoms with Crippen LogP contribution in [0.2, 0.25) is 0 Å².